The molecule has 0 bridgehead atoms. The number of hydrogen-bond acceptors (Lipinski definition) is 3. The van der Waals surface area contributed by atoms with Crippen LogP contribution in [0.5, 0.6) is 0 Å². The largest absolute Gasteiger partial charge is 0.481 e. The molecule has 0 amide bonds. The van der Waals surface area contributed by atoms with Crippen molar-refractivity contribution in [2.75, 3.05) is 0 Å². The van der Waals surface area contributed by atoms with Gasteiger partial charge >= 0.3 is 12.1 Å². The molecule has 0 aliphatic carbocycles. The Bertz CT molecular complexity index is 737. The molecule has 1 N–H and O–H groups in total. The monoisotopic (exact) mass is 317 g/mol. The zero-order valence-electron chi connectivity index (χ0n) is 14.0. The van der Waals surface area contributed by atoms with E-state index in [0.29, 0.717) is 17.5 Å². The molecule has 0 fully saturated rings. The number of para-hydroxylation sites is 1. The van der Waals surface area contributed by atoms with E-state index >= 15 is 0 Å². The fourth-order valence-corrected chi connectivity index (χ4v) is 2.72. The molecule has 0 unspecified atom stereocenters. The first-order chi connectivity index (χ1) is 10.7. The highest BCUT2D eigenvalue weighted by Crippen LogP contribution is 2.29. The third kappa shape index (κ3) is 3.73. The van der Waals surface area contributed by atoms with Crippen LogP contribution in [0.15, 0.2) is 24.3 Å². The van der Waals surface area contributed by atoms with E-state index in [0.717, 1.165) is 17.5 Å². The number of hydrogen-bond donors (Lipinski definition) is 1. The average molecular weight is 317 g/mol. The number of rotatable bonds is 4. The standard InChI is InChI=1S/C18H23NO4/c1-5-8-14-13(11-16(20)21)12-9-6-7-10-15(12)19(14)17(22)23-18(2,3)4/h6-7,9-10H,5,8,11H2,1-4H3,(H,20,21). The van der Waals surface area contributed by atoms with Crippen molar-refractivity contribution in [3.8, 4) is 0 Å². The van der Waals surface area contributed by atoms with Crippen LogP contribution in [0, 0.1) is 0 Å². The topological polar surface area (TPSA) is 68.5 Å². The number of nitrogens with zero attached hydrogens (tertiary/aromatic N) is 1. The van der Waals surface area contributed by atoms with Gasteiger partial charge < -0.3 is 9.84 Å². The molecule has 5 nitrogen and oxygen atoms in total. The minimum atomic E-state index is -0.908. The molecular weight excluding hydrogens is 294 g/mol. The molecule has 23 heavy (non-hydrogen) atoms. The SMILES string of the molecule is CCCc1c(CC(=O)O)c2ccccc2n1C(=O)OC(C)(C)C. The van der Waals surface area contributed by atoms with E-state index < -0.39 is 17.7 Å². The third-order valence-corrected chi connectivity index (χ3v) is 3.48. The Morgan fingerprint density at radius 3 is 2.43 bits per heavy atom. The minimum Gasteiger partial charge on any atom is -0.481 e. The van der Waals surface area contributed by atoms with Crippen LogP contribution >= 0.6 is 0 Å². The predicted molar refractivity (Wildman–Crippen MR) is 88.9 cm³/mol. The highest BCUT2D eigenvalue weighted by Gasteiger charge is 2.25. The average Bonchev–Trinajstić information content (AvgIpc) is 2.71. The van der Waals surface area contributed by atoms with E-state index in [-0.39, 0.29) is 6.42 Å². The summed E-state index contributed by atoms with van der Waals surface area (Å²) in [6, 6.07) is 7.36. The molecule has 2 rings (SSSR count). The van der Waals surface area contributed by atoms with E-state index in [2.05, 4.69) is 0 Å². The van der Waals surface area contributed by atoms with Crippen LogP contribution in [0.4, 0.5) is 4.79 Å². The summed E-state index contributed by atoms with van der Waals surface area (Å²) in [5.74, 6) is -0.908. The second-order valence-corrected chi connectivity index (χ2v) is 6.58. The van der Waals surface area contributed by atoms with Crippen molar-refractivity contribution in [1.82, 2.24) is 4.57 Å². The number of carbonyl (C=O) groups is 2. The first-order valence-corrected chi connectivity index (χ1v) is 7.81. The number of aromatic nitrogens is 1. The Hall–Kier alpha value is -2.30. The van der Waals surface area contributed by atoms with Gasteiger partial charge in [-0.2, -0.15) is 0 Å². The lowest BCUT2D eigenvalue weighted by Gasteiger charge is -2.21. The molecule has 124 valence electrons. The van der Waals surface area contributed by atoms with Crippen LogP contribution in [0.3, 0.4) is 0 Å². The maximum atomic E-state index is 12.7. The predicted octanol–water partition coefficient (Wildman–Crippen LogP) is 4.00. The molecule has 0 radical (unpaired) electrons. The Kier molecular flexibility index (Phi) is 4.78. The van der Waals surface area contributed by atoms with E-state index in [4.69, 9.17) is 4.74 Å². The van der Waals surface area contributed by atoms with Crippen LogP contribution in [-0.2, 0) is 22.4 Å². The summed E-state index contributed by atoms with van der Waals surface area (Å²) in [7, 11) is 0. The lowest BCUT2D eigenvalue weighted by Crippen LogP contribution is -2.28. The van der Waals surface area contributed by atoms with Crippen LogP contribution < -0.4 is 0 Å². The Morgan fingerprint density at radius 1 is 1.22 bits per heavy atom. The van der Waals surface area contributed by atoms with Gasteiger partial charge in [0.25, 0.3) is 0 Å². The van der Waals surface area contributed by atoms with Gasteiger partial charge in [0.2, 0.25) is 0 Å². The normalized spacial score (nSPS) is 11.7. The molecule has 0 saturated heterocycles. The van der Waals surface area contributed by atoms with E-state index in [1.165, 1.54) is 4.57 Å². The summed E-state index contributed by atoms with van der Waals surface area (Å²) < 4.78 is 7.04. The molecule has 0 spiro atoms. The van der Waals surface area contributed by atoms with Crippen molar-refractivity contribution in [3.05, 3.63) is 35.5 Å². The number of carboxylic acid groups (broad SMARTS) is 1. The zero-order valence-corrected chi connectivity index (χ0v) is 14.0. The van der Waals surface area contributed by atoms with Crippen molar-refractivity contribution in [3.63, 3.8) is 0 Å². The van der Waals surface area contributed by atoms with Gasteiger partial charge in [0.05, 0.1) is 11.9 Å². The molecule has 1 heterocycles. The maximum Gasteiger partial charge on any atom is 0.419 e. The fraction of sp³-hybridized carbons (Fsp3) is 0.444. The van der Waals surface area contributed by atoms with Crippen molar-refractivity contribution in [2.24, 2.45) is 0 Å². The molecular formula is C18H23NO4. The summed E-state index contributed by atoms with van der Waals surface area (Å²) in [4.78, 5) is 23.9. The number of carbonyl (C=O) groups excluding carboxylic acids is 1. The van der Waals surface area contributed by atoms with Gasteiger partial charge in [-0.3, -0.25) is 4.79 Å². The van der Waals surface area contributed by atoms with E-state index in [9.17, 15) is 14.7 Å². The summed E-state index contributed by atoms with van der Waals surface area (Å²) in [5, 5.41) is 10.0. The second kappa shape index (κ2) is 6.44. The fourth-order valence-electron chi connectivity index (χ4n) is 2.72. The van der Waals surface area contributed by atoms with E-state index in [1.807, 2.05) is 52.0 Å². The molecule has 0 saturated carbocycles. The number of benzene rings is 1. The van der Waals surface area contributed by atoms with Gasteiger partial charge in [0.15, 0.2) is 0 Å². The van der Waals surface area contributed by atoms with Gasteiger partial charge in [-0.25, -0.2) is 9.36 Å². The van der Waals surface area contributed by atoms with E-state index in [1.54, 1.807) is 0 Å². The Morgan fingerprint density at radius 2 is 1.87 bits per heavy atom. The number of carboxylic acids is 1. The van der Waals surface area contributed by atoms with Crippen molar-refractivity contribution < 1.29 is 19.4 Å². The molecule has 0 atom stereocenters. The number of ether oxygens (including phenoxy) is 1. The Labute approximate surface area is 135 Å². The lowest BCUT2D eigenvalue weighted by molar-refractivity contribution is -0.136. The molecule has 1 aromatic heterocycles. The number of fused-ring (bicyclic) bond motifs is 1. The second-order valence-electron chi connectivity index (χ2n) is 6.58. The first kappa shape index (κ1) is 17.1. The zero-order chi connectivity index (χ0) is 17.2. The maximum absolute atomic E-state index is 12.7. The van der Waals surface area contributed by atoms with Gasteiger partial charge in [-0.1, -0.05) is 31.5 Å². The third-order valence-electron chi connectivity index (χ3n) is 3.48. The van der Waals surface area contributed by atoms with Crippen molar-refractivity contribution >= 4 is 23.0 Å². The Balaban J connectivity index is 2.68. The highest BCUT2D eigenvalue weighted by atomic mass is 16.6. The summed E-state index contributed by atoms with van der Waals surface area (Å²) in [6.45, 7) is 7.44. The molecule has 0 aliphatic rings. The summed E-state index contributed by atoms with van der Waals surface area (Å²) in [5.41, 5.74) is 1.51. The van der Waals surface area contributed by atoms with Gasteiger partial charge in [-0.05, 0) is 38.8 Å². The first-order valence-electron chi connectivity index (χ1n) is 7.81. The van der Waals surface area contributed by atoms with Gasteiger partial charge in [0.1, 0.15) is 5.60 Å². The molecule has 1 aromatic carbocycles. The van der Waals surface area contributed by atoms with Gasteiger partial charge in [0, 0.05) is 11.1 Å². The summed E-state index contributed by atoms with van der Waals surface area (Å²) >= 11 is 0. The lowest BCUT2D eigenvalue weighted by atomic mass is 10.1. The molecule has 2 aromatic rings. The minimum absolute atomic E-state index is 0.106. The van der Waals surface area contributed by atoms with Gasteiger partial charge in [-0.15, -0.1) is 0 Å². The number of aliphatic carboxylic acids is 1. The quantitative estimate of drug-likeness (QED) is 0.925. The molecule has 5 heteroatoms. The van der Waals surface area contributed by atoms with Crippen molar-refractivity contribution in [2.45, 2.75) is 52.6 Å². The highest BCUT2D eigenvalue weighted by molar-refractivity contribution is 5.95. The van der Waals surface area contributed by atoms with Crippen LogP contribution in [0.25, 0.3) is 10.9 Å². The van der Waals surface area contributed by atoms with Crippen LogP contribution in [-0.4, -0.2) is 27.3 Å². The van der Waals surface area contributed by atoms with Crippen LogP contribution in [0.2, 0.25) is 0 Å². The summed E-state index contributed by atoms with van der Waals surface area (Å²) in [6.07, 6.45) is 0.863. The smallest absolute Gasteiger partial charge is 0.419 e. The molecule has 0 aliphatic heterocycles. The van der Waals surface area contributed by atoms with Crippen molar-refractivity contribution in [1.29, 1.82) is 0 Å². The van der Waals surface area contributed by atoms with Crippen LogP contribution in [0.1, 0.15) is 45.4 Å².